The van der Waals surface area contributed by atoms with Crippen LogP contribution in [-0.4, -0.2) is 20.5 Å². The van der Waals surface area contributed by atoms with Gasteiger partial charge >= 0.3 is 12.1 Å². The van der Waals surface area contributed by atoms with Crippen LogP contribution in [0.1, 0.15) is 17.7 Å². The van der Waals surface area contributed by atoms with E-state index in [-0.39, 0.29) is 29.4 Å². The minimum absolute atomic E-state index is 0.109. The van der Waals surface area contributed by atoms with Crippen molar-refractivity contribution >= 4 is 22.5 Å². The Kier molecular flexibility index (Phi) is 3.39. The number of H-pyrrole nitrogens is 1. The van der Waals surface area contributed by atoms with Gasteiger partial charge in [0.25, 0.3) is 5.56 Å². The maximum Gasteiger partial charge on any atom is 0.416 e. The quantitative estimate of drug-likeness (QED) is 0.778. The molecular weight excluding hydrogens is 313 g/mol. The van der Waals surface area contributed by atoms with E-state index in [4.69, 9.17) is 5.11 Å². The Balaban J connectivity index is 2.31. The Bertz CT molecular complexity index is 970. The Labute approximate surface area is 127 Å². The number of nitrogens with zero attached hydrogens (tertiary/aromatic N) is 1. The Morgan fingerprint density at radius 3 is 2.57 bits per heavy atom. The predicted molar refractivity (Wildman–Crippen MR) is 76.5 cm³/mol. The van der Waals surface area contributed by atoms with Crippen LogP contribution in [0.2, 0.25) is 0 Å². The maximum absolute atomic E-state index is 12.9. The van der Waals surface area contributed by atoms with Crippen LogP contribution >= 0.6 is 0 Å². The van der Waals surface area contributed by atoms with E-state index in [2.05, 4.69) is 4.98 Å². The number of nitrogens with one attached hydrogen (secondary N) is 1. The minimum Gasteiger partial charge on any atom is -0.481 e. The number of rotatable bonds is 3. The van der Waals surface area contributed by atoms with E-state index in [9.17, 15) is 22.8 Å². The van der Waals surface area contributed by atoms with Crippen LogP contribution in [0, 0.1) is 0 Å². The molecule has 0 saturated heterocycles. The summed E-state index contributed by atoms with van der Waals surface area (Å²) in [6, 6.07) is 6.05. The second-order valence-corrected chi connectivity index (χ2v) is 5.12. The van der Waals surface area contributed by atoms with Crippen molar-refractivity contribution in [3.05, 3.63) is 51.9 Å². The first-order chi connectivity index (χ1) is 10.8. The number of halogens is 3. The fraction of sp³-hybridized carbons (Fsp3) is 0.200. The lowest BCUT2D eigenvalue weighted by Crippen LogP contribution is -2.13. The van der Waals surface area contributed by atoms with Crippen molar-refractivity contribution in [2.24, 2.45) is 0 Å². The number of hydrogen-bond acceptors (Lipinski definition) is 2. The molecule has 1 aromatic carbocycles. The van der Waals surface area contributed by atoms with Gasteiger partial charge in [0.2, 0.25) is 0 Å². The molecular formula is C15H11F3N2O3. The molecule has 0 unspecified atom stereocenters. The van der Waals surface area contributed by atoms with Gasteiger partial charge in [0.15, 0.2) is 0 Å². The molecule has 120 valence electrons. The van der Waals surface area contributed by atoms with Gasteiger partial charge in [0.1, 0.15) is 5.52 Å². The molecule has 0 aliphatic rings. The Morgan fingerprint density at radius 1 is 1.17 bits per heavy atom. The number of carboxylic acid groups (broad SMARTS) is 1. The topological polar surface area (TPSA) is 74.6 Å². The fourth-order valence-corrected chi connectivity index (χ4v) is 2.56. The third kappa shape index (κ3) is 2.67. The van der Waals surface area contributed by atoms with Crippen LogP contribution in [0.15, 0.2) is 35.1 Å². The van der Waals surface area contributed by atoms with E-state index in [0.29, 0.717) is 5.69 Å². The zero-order valence-corrected chi connectivity index (χ0v) is 11.6. The monoisotopic (exact) mass is 324 g/mol. The van der Waals surface area contributed by atoms with Crippen LogP contribution in [-0.2, 0) is 17.4 Å². The number of aryl methyl sites for hydroxylation is 1. The van der Waals surface area contributed by atoms with Crippen molar-refractivity contribution in [2.75, 3.05) is 0 Å². The summed E-state index contributed by atoms with van der Waals surface area (Å²) in [5.41, 5.74) is -0.201. The van der Waals surface area contributed by atoms with E-state index >= 15 is 0 Å². The lowest BCUT2D eigenvalue weighted by molar-refractivity contribution is -0.138. The third-order valence-corrected chi connectivity index (χ3v) is 3.60. The highest BCUT2D eigenvalue weighted by atomic mass is 19.4. The summed E-state index contributed by atoms with van der Waals surface area (Å²) in [6.45, 7) is 0. The van der Waals surface area contributed by atoms with Gasteiger partial charge in [0, 0.05) is 5.69 Å². The lowest BCUT2D eigenvalue weighted by Gasteiger charge is -2.11. The largest absolute Gasteiger partial charge is 0.481 e. The number of fused-ring (bicyclic) bond motifs is 3. The first-order valence-electron chi connectivity index (χ1n) is 6.73. The molecule has 0 bridgehead atoms. The molecule has 0 amide bonds. The molecule has 23 heavy (non-hydrogen) atoms. The average molecular weight is 324 g/mol. The number of carbonyl (C=O) groups is 1. The molecule has 8 heteroatoms. The summed E-state index contributed by atoms with van der Waals surface area (Å²) < 4.78 is 40.1. The summed E-state index contributed by atoms with van der Waals surface area (Å²) in [5, 5.41) is 8.78. The number of carboxylic acids is 1. The highest BCUT2D eigenvalue weighted by molar-refractivity contribution is 5.80. The summed E-state index contributed by atoms with van der Waals surface area (Å²) in [7, 11) is 0. The molecule has 5 nitrogen and oxygen atoms in total. The zero-order valence-electron chi connectivity index (χ0n) is 11.6. The minimum atomic E-state index is -4.51. The van der Waals surface area contributed by atoms with Gasteiger partial charge in [-0.2, -0.15) is 13.2 Å². The van der Waals surface area contributed by atoms with E-state index < -0.39 is 23.3 Å². The van der Waals surface area contributed by atoms with Crippen molar-refractivity contribution < 1.29 is 23.1 Å². The molecule has 3 rings (SSSR count). The van der Waals surface area contributed by atoms with Gasteiger partial charge < -0.3 is 14.5 Å². The molecule has 0 aliphatic carbocycles. The Hall–Kier alpha value is -2.77. The molecule has 0 fully saturated rings. The molecule has 0 spiro atoms. The average Bonchev–Trinajstić information content (AvgIpc) is 2.88. The smallest absolute Gasteiger partial charge is 0.416 e. The molecule has 0 radical (unpaired) electrons. The molecule has 3 aromatic rings. The zero-order chi connectivity index (χ0) is 16.8. The summed E-state index contributed by atoms with van der Waals surface area (Å²) in [5.74, 6) is -1.02. The Morgan fingerprint density at radius 2 is 1.91 bits per heavy atom. The highest BCUT2D eigenvalue weighted by Gasteiger charge is 2.30. The molecule has 0 aliphatic heterocycles. The van der Waals surface area contributed by atoms with Crippen molar-refractivity contribution in [2.45, 2.75) is 19.0 Å². The van der Waals surface area contributed by atoms with E-state index in [1.165, 1.54) is 16.5 Å². The van der Waals surface area contributed by atoms with E-state index in [1.807, 2.05) is 0 Å². The van der Waals surface area contributed by atoms with E-state index in [0.717, 1.165) is 12.1 Å². The number of benzene rings is 1. The molecule has 0 saturated carbocycles. The second kappa shape index (κ2) is 5.15. The third-order valence-electron chi connectivity index (χ3n) is 3.60. The number of aliphatic carboxylic acids is 1. The SMILES string of the molecule is O=C(O)CCc1ccc2c(=O)[nH]c3ccc(C(F)(F)F)cc3n12. The van der Waals surface area contributed by atoms with Crippen LogP contribution in [0.4, 0.5) is 13.2 Å². The predicted octanol–water partition coefficient (Wildman–Crippen LogP) is 2.82. The normalized spacial score (nSPS) is 12.1. The standard InChI is InChI=1S/C15H11F3N2O3/c16-15(17,18)8-1-4-10-12(7-8)20-9(3-6-13(21)22)2-5-11(20)14(23)19-10/h1-2,4-5,7H,3,6H2,(H,19,23)(H,21,22). The van der Waals surface area contributed by atoms with Gasteiger partial charge in [0.05, 0.1) is 23.0 Å². The molecule has 0 atom stereocenters. The first-order valence-corrected chi connectivity index (χ1v) is 6.73. The van der Waals surface area contributed by atoms with Crippen LogP contribution < -0.4 is 5.56 Å². The van der Waals surface area contributed by atoms with Gasteiger partial charge in [-0.05, 0) is 36.8 Å². The van der Waals surface area contributed by atoms with Crippen LogP contribution in [0.3, 0.4) is 0 Å². The summed E-state index contributed by atoms with van der Waals surface area (Å²) in [4.78, 5) is 25.3. The van der Waals surface area contributed by atoms with Crippen LogP contribution in [0.25, 0.3) is 16.6 Å². The molecule has 2 N–H and O–H groups in total. The second-order valence-electron chi connectivity index (χ2n) is 5.12. The van der Waals surface area contributed by atoms with Gasteiger partial charge in [-0.15, -0.1) is 0 Å². The van der Waals surface area contributed by atoms with Gasteiger partial charge in [-0.3, -0.25) is 9.59 Å². The van der Waals surface area contributed by atoms with E-state index in [1.54, 1.807) is 6.07 Å². The fourth-order valence-electron chi connectivity index (χ4n) is 2.56. The first kappa shape index (κ1) is 15.1. The van der Waals surface area contributed by atoms with Crippen molar-refractivity contribution in [3.8, 4) is 0 Å². The molecule has 2 aromatic heterocycles. The lowest BCUT2D eigenvalue weighted by atomic mass is 10.1. The van der Waals surface area contributed by atoms with Crippen molar-refractivity contribution in [3.63, 3.8) is 0 Å². The number of alkyl halides is 3. The number of aromatic nitrogens is 2. The number of hydrogen-bond donors (Lipinski definition) is 2. The van der Waals surface area contributed by atoms with Gasteiger partial charge in [-0.1, -0.05) is 0 Å². The van der Waals surface area contributed by atoms with Crippen molar-refractivity contribution in [1.29, 1.82) is 0 Å². The van der Waals surface area contributed by atoms with Crippen LogP contribution in [0.5, 0.6) is 0 Å². The van der Waals surface area contributed by atoms with Crippen molar-refractivity contribution in [1.82, 2.24) is 9.38 Å². The number of aromatic amines is 1. The van der Waals surface area contributed by atoms with Gasteiger partial charge in [-0.25, -0.2) is 0 Å². The summed E-state index contributed by atoms with van der Waals surface area (Å²) in [6.07, 6.45) is -4.58. The maximum atomic E-state index is 12.9. The summed E-state index contributed by atoms with van der Waals surface area (Å²) >= 11 is 0. The molecule has 2 heterocycles. The highest BCUT2D eigenvalue weighted by Crippen LogP contribution is 2.31.